The quantitative estimate of drug-likeness (QED) is 0.449. The molecule has 3 heteroatoms. The predicted octanol–water partition coefficient (Wildman–Crippen LogP) is 5.31. The average Bonchev–Trinajstić information content (AvgIpc) is 2.64. The summed E-state index contributed by atoms with van der Waals surface area (Å²) in [4.78, 5) is 0. The molecule has 0 amide bonds. The second kappa shape index (κ2) is 11.2. The van der Waals surface area contributed by atoms with E-state index in [9.17, 15) is 15.3 Å². The summed E-state index contributed by atoms with van der Waals surface area (Å²) in [6, 6.07) is 0. The standard InChI is InChI=1S/C24H46O3/c1-4-5-6-7-14-24(2,3)19-11-13-21(23(27)16-19)22-17-20(26)12-10-18(22)9-8-15-25/h18-23,25-27H,4-17H2,1-3H3/t18-,19?,20+,21?,22+,23?/m0/s1. The minimum atomic E-state index is -0.217. The first-order chi connectivity index (χ1) is 12.9. The molecule has 27 heavy (non-hydrogen) atoms. The van der Waals surface area contributed by atoms with Crippen LogP contribution >= 0.6 is 0 Å². The summed E-state index contributed by atoms with van der Waals surface area (Å²) in [5.41, 5.74) is 0.321. The van der Waals surface area contributed by atoms with Gasteiger partial charge in [0.25, 0.3) is 0 Å². The molecule has 0 heterocycles. The lowest BCUT2D eigenvalue weighted by atomic mass is 9.60. The smallest absolute Gasteiger partial charge is 0.0574 e. The highest BCUT2D eigenvalue weighted by atomic mass is 16.3. The third-order valence-electron chi connectivity index (χ3n) is 7.95. The minimum absolute atomic E-state index is 0.194. The molecule has 2 saturated carbocycles. The van der Waals surface area contributed by atoms with Gasteiger partial charge in [0.15, 0.2) is 0 Å². The zero-order chi connectivity index (χ0) is 19.9. The number of aliphatic hydroxyl groups excluding tert-OH is 3. The maximum atomic E-state index is 11.1. The van der Waals surface area contributed by atoms with E-state index in [4.69, 9.17) is 0 Å². The molecule has 160 valence electrons. The molecule has 0 aromatic heterocycles. The molecule has 2 aliphatic carbocycles. The summed E-state index contributed by atoms with van der Waals surface area (Å²) in [6.45, 7) is 7.34. The van der Waals surface area contributed by atoms with Gasteiger partial charge in [0.05, 0.1) is 12.2 Å². The SMILES string of the molecule is CCCCCCC(C)(C)C1CCC([C@@H]2C[C@H](O)CC[C@@H]2CCCO)C(O)C1. The number of unbranched alkanes of at least 4 members (excludes halogenated alkanes) is 3. The summed E-state index contributed by atoms with van der Waals surface area (Å²) in [5, 5.41) is 30.5. The minimum Gasteiger partial charge on any atom is -0.396 e. The molecule has 0 radical (unpaired) electrons. The molecule has 0 aromatic rings. The first-order valence-corrected chi connectivity index (χ1v) is 11.9. The Morgan fingerprint density at radius 3 is 2.30 bits per heavy atom. The van der Waals surface area contributed by atoms with Crippen molar-refractivity contribution in [2.75, 3.05) is 6.61 Å². The van der Waals surface area contributed by atoms with Crippen LogP contribution in [0.2, 0.25) is 0 Å². The van der Waals surface area contributed by atoms with E-state index in [-0.39, 0.29) is 18.8 Å². The van der Waals surface area contributed by atoms with Crippen LogP contribution in [-0.4, -0.2) is 34.1 Å². The van der Waals surface area contributed by atoms with Crippen LogP contribution in [0.4, 0.5) is 0 Å². The van der Waals surface area contributed by atoms with E-state index in [0.717, 1.165) is 44.9 Å². The summed E-state index contributed by atoms with van der Waals surface area (Å²) < 4.78 is 0. The molecule has 2 fully saturated rings. The molecule has 2 aliphatic rings. The molecular formula is C24H46O3. The van der Waals surface area contributed by atoms with E-state index in [1.807, 2.05) is 0 Å². The van der Waals surface area contributed by atoms with Crippen LogP contribution in [0.5, 0.6) is 0 Å². The second-order valence-corrected chi connectivity index (χ2v) is 10.3. The number of rotatable bonds is 10. The van der Waals surface area contributed by atoms with Crippen molar-refractivity contribution in [3.8, 4) is 0 Å². The molecule has 0 aromatic carbocycles. The highest BCUT2D eigenvalue weighted by molar-refractivity contribution is 4.93. The zero-order valence-electron chi connectivity index (χ0n) is 18.2. The fourth-order valence-corrected chi connectivity index (χ4v) is 6.07. The Balaban J connectivity index is 1.92. The predicted molar refractivity (Wildman–Crippen MR) is 113 cm³/mol. The zero-order valence-corrected chi connectivity index (χ0v) is 18.2. The lowest BCUT2D eigenvalue weighted by Crippen LogP contribution is -2.43. The third kappa shape index (κ3) is 6.72. The molecule has 0 saturated heterocycles. The van der Waals surface area contributed by atoms with Crippen molar-refractivity contribution in [1.29, 1.82) is 0 Å². The summed E-state index contributed by atoms with van der Waals surface area (Å²) >= 11 is 0. The Labute approximate surface area is 168 Å². The Kier molecular flexibility index (Phi) is 9.58. The van der Waals surface area contributed by atoms with E-state index in [1.165, 1.54) is 38.5 Å². The summed E-state index contributed by atoms with van der Waals surface area (Å²) in [7, 11) is 0. The van der Waals surface area contributed by atoms with Crippen LogP contribution in [-0.2, 0) is 0 Å². The highest BCUT2D eigenvalue weighted by Gasteiger charge is 2.43. The maximum absolute atomic E-state index is 11.1. The van der Waals surface area contributed by atoms with Gasteiger partial charge in [0.1, 0.15) is 0 Å². The average molecular weight is 383 g/mol. The van der Waals surface area contributed by atoms with E-state index < -0.39 is 0 Å². The van der Waals surface area contributed by atoms with Crippen molar-refractivity contribution in [1.82, 2.24) is 0 Å². The van der Waals surface area contributed by atoms with E-state index in [1.54, 1.807) is 0 Å². The van der Waals surface area contributed by atoms with Gasteiger partial charge in [0.2, 0.25) is 0 Å². The lowest BCUT2D eigenvalue weighted by molar-refractivity contribution is -0.0552. The van der Waals surface area contributed by atoms with Gasteiger partial charge >= 0.3 is 0 Å². The van der Waals surface area contributed by atoms with Crippen LogP contribution in [0.1, 0.15) is 104 Å². The largest absolute Gasteiger partial charge is 0.396 e. The molecular weight excluding hydrogens is 336 g/mol. The molecule has 2 rings (SSSR count). The van der Waals surface area contributed by atoms with Crippen molar-refractivity contribution in [2.24, 2.45) is 29.1 Å². The molecule has 3 N–H and O–H groups in total. The van der Waals surface area contributed by atoms with Crippen LogP contribution in [0.25, 0.3) is 0 Å². The molecule has 6 atom stereocenters. The van der Waals surface area contributed by atoms with Crippen LogP contribution < -0.4 is 0 Å². The molecule has 0 bridgehead atoms. The van der Waals surface area contributed by atoms with Gasteiger partial charge < -0.3 is 15.3 Å². The van der Waals surface area contributed by atoms with E-state index in [0.29, 0.717) is 29.1 Å². The fraction of sp³-hybridized carbons (Fsp3) is 1.00. The van der Waals surface area contributed by atoms with Gasteiger partial charge in [0, 0.05) is 6.61 Å². The van der Waals surface area contributed by atoms with Gasteiger partial charge in [-0.3, -0.25) is 0 Å². The first kappa shape index (κ1) is 23.2. The number of hydrogen-bond donors (Lipinski definition) is 3. The van der Waals surface area contributed by atoms with Crippen molar-refractivity contribution in [3.05, 3.63) is 0 Å². The van der Waals surface area contributed by atoms with Crippen molar-refractivity contribution in [2.45, 2.75) is 116 Å². The molecule has 0 aliphatic heterocycles. The fourth-order valence-electron chi connectivity index (χ4n) is 6.07. The number of hydrogen-bond acceptors (Lipinski definition) is 3. The Hall–Kier alpha value is -0.120. The van der Waals surface area contributed by atoms with Crippen LogP contribution in [0, 0.1) is 29.1 Å². The monoisotopic (exact) mass is 382 g/mol. The Bertz CT molecular complexity index is 406. The molecule has 0 spiro atoms. The highest BCUT2D eigenvalue weighted by Crippen LogP contribution is 2.49. The normalized spacial score (nSPS) is 35.3. The number of aliphatic hydroxyl groups is 3. The molecule has 3 unspecified atom stereocenters. The second-order valence-electron chi connectivity index (χ2n) is 10.3. The van der Waals surface area contributed by atoms with E-state index in [2.05, 4.69) is 20.8 Å². The van der Waals surface area contributed by atoms with Crippen molar-refractivity contribution < 1.29 is 15.3 Å². The van der Waals surface area contributed by atoms with E-state index >= 15 is 0 Å². The van der Waals surface area contributed by atoms with Crippen molar-refractivity contribution in [3.63, 3.8) is 0 Å². The van der Waals surface area contributed by atoms with Gasteiger partial charge in [-0.25, -0.2) is 0 Å². The lowest BCUT2D eigenvalue weighted by Gasteiger charge is -2.47. The van der Waals surface area contributed by atoms with Crippen LogP contribution in [0.3, 0.4) is 0 Å². The Morgan fingerprint density at radius 2 is 1.63 bits per heavy atom. The van der Waals surface area contributed by atoms with Gasteiger partial charge in [-0.1, -0.05) is 46.5 Å². The van der Waals surface area contributed by atoms with Crippen molar-refractivity contribution >= 4 is 0 Å². The van der Waals surface area contributed by atoms with Gasteiger partial charge in [-0.2, -0.15) is 0 Å². The summed E-state index contributed by atoms with van der Waals surface area (Å²) in [5.74, 6) is 1.97. The third-order valence-corrected chi connectivity index (χ3v) is 7.95. The molecule has 3 nitrogen and oxygen atoms in total. The first-order valence-electron chi connectivity index (χ1n) is 11.9. The van der Waals surface area contributed by atoms with Gasteiger partial charge in [-0.05, 0) is 86.9 Å². The van der Waals surface area contributed by atoms with Gasteiger partial charge in [-0.15, -0.1) is 0 Å². The topological polar surface area (TPSA) is 60.7 Å². The summed E-state index contributed by atoms with van der Waals surface area (Å²) in [6.07, 6.45) is 14.1. The maximum Gasteiger partial charge on any atom is 0.0574 e. The Morgan fingerprint density at radius 1 is 0.852 bits per heavy atom. The van der Waals surface area contributed by atoms with Crippen LogP contribution in [0.15, 0.2) is 0 Å².